The third-order valence-corrected chi connectivity index (χ3v) is 5.23. The van der Waals surface area contributed by atoms with Crippen molar-refractivity contribution in [3.63, 3.8) is 0 Å². The Labute approximate surface area is 122 Å². The number of aliphatic carboxylic acids is 1. The summed E-state index contributed by atoms with van der Waals surface area (Å²) in [5, 5.41) is 9.76. The van der Waals surface area contributed by atoms with Crippen molar-refractivity contribution < 1.29 is 14.6 Å². The second-order valence-electron chi connectivity index (χ2n) is 4.65. The fourth-order valence-electron chi connectivity index (χ4n) is 2.34. The lowest BCUT2D eigenvalue weighted by Crippen LogP contribution is -2.12. The van der Waals surface area contributed by atoms with Crippen LogP contribution in [-0.4, -0.2) is 23.4 Å². The first-order chi connectivity index (χ1) is 9.11. The van der Waals surface area contributed by atoms with Crippen molar-refractivity contribution >= 4 is 29.3 Å². The highest BCUT2D eigenvalue weighted by Crippen LogP contribution is 2.41. The summed E-state index contributed by atoms with van der Waals surface area (Å²) in [5.74, 6) is -0.237. The van der Waals surface area contributed by atoms with Gasteiger partial charge >= 0.3 is 5.97 Å². The van der Waals surface area contributed by atoms with E-state index in [4.69, 9.17) is 16.3 Å². The fourth-order valence-corrected chi connectivity index (χ4v) is 4.02. The molecule has 0 saturated heterocycles. The Hall–Kier alpha value is -0.870. The maximum atomic E-state index is 11.5. The Morgan fingerprint density at radius 2 is 2.16 bits per heavy atom. The van der Waals surface area contributed by atoms with Crippen LogP contribution in [-0.2, 0) is 4.79 Å². The van der Waals surface area contributed by atoms with E-state index in [1.54, 1.807) is 25.3 Å². The fraction of sp³-hybridized carbons (Fsp3) is 0.500. The van der Waals surface area contributed by atoms with Crippen LogP contribution in [0.4, 0.5) is 0 Å². The van der Waals surface area contributed by atoms with E-state index in [1.807, 2.05) is 0 Å². The molecule has 0 aromatic heterocycles. The van der Waals surface area contributed by atoms with Crippen LogP contribution in [0.2, 0.25) is 5.02 Å². The molecule has 1 aliphatic carbocycles. The first-order valence-corrected chi connectivity index (χ1v) is 7.65. The van der Waals surface area contributed by atoms with Crippen molar-refractivity contribution in [3.8, 4) is 5.75 Å². The predicted octanol–water partition coefficient (Wildman–Crippen LogP) is 4.15. The van der Waals surface area contributed by atoms with Crippen molar-refractivity contribution in [3.05, 3.63) is 28.8 Å². The minimum atomic E-state index is -0.807. The van der Waals surface area contributed by atoms with E-state index in [0.29, 0.717) is 16.0 Å². The third-order valence-electron chi connectivity index (χ3n) is 3.33. The Balaban J connectivity index is 2.18. The molecule has 0 radical (unpaired) electrons. The molecular formula is C14H17ClO3S. The highest BCUT2D eigenvalue weighted by molar-refractivity contribution is 8.00. The molecule has 104 valence electrons. The number of thioether (sulfide) groups is 1. The lowest BCUT2D eigenvalue weighted by molar-refractivity contribution is -0.136. The molecule has 1 N–H and O–H groups in total. The Bertz CT molecular complexity index is 458. The molecule has 5 heteroatoms. The van der Waals surface area contributed by atoms with Gasteiger partial charge in [-0.3, -0.25) is 4.79 Å². The van der Waals surface area contributed by atoms with E-state index < -0.39 is 11.2 Å². The van der Waals surface area contributed by atoms with Gasteiger partial charge in [-0.15, -0.1) is 11.8 Å². The average Bonchev–Trinajstić information content (AvgIpc) is 2.88. The van der Waals surface area contributed by atoms with E-state index in [2.05, 4.69) is 0 Å². The molecule has 0 spiro atoms. The zero-order valence-electron chi connectivity index (χ0n) is 10.8. The maximum Gasteiger partial charge on any atom is 0.321 e. The van der Waals surface area contributed by atoms with E-state index in [-0.39, 0.29) is 0 Å². The van der Waals surface area contributed by atoms with Crippen molar-refractivity contribution in [1.29, 1.82) is 0 Å². The average molecular weight is 301 g/mol. The number of rotatable bonds is 5. The minimum absolute atomic E-state index is 0.446. The van der Waals surface area contributed by atoms with Crippen LogP contribution in [0.5, 0.6) is 5.75 Å². The number of hydrogen-bond donors (Lipinski definition) is 1. The van der Waals surface area contributed by atoms with Gasteiger partial charge in [0.1, 0.15) is 11.0 Å². The van der Waals surface area contributed by atoms with Gasteiger partial charge in [0.15, 0.2) is 0 Å². The lowest BCUT2D eigenvalue weighted by atomic mass is 10.1. The molecule has 0 heterocycles. The van der Waals surface area contributed by atoms with Gasteiger partial charge in [0, 0.05) is 5.25 Å². The molecule has 1 atom stereocenters. The summed E-state index contributed by atoms with van der Waals surface area (Å²) in [4.78, 5) is 11.5. The first kappa shape index (κ1) is 14.5. The highest BCUT2D eigenvalue weighted by atomic mass is 35.5. The largest absolute Gasteiger partial charge is 0.495 e. The zero-order chi connectivity index (χ0) is 13.8. The molecule has 1 aromatic rings. The van der Waals surface area contributed by atoms with Gasteiger partial charge in [-0.25, -0.2) is 0 Å². The number of halogens is 1. The van der Waals surface area contributed by atoms with Gasteiger partial charge < -0.3 is 9.84 Å². The predicted molar refractivity (Wildman–Crippen MR) is 78.2 cm³/mol. The van der Waals surface area contributed by atoms with Crippen molar-refractivity contribution in [2.24, 2.45) is 0 Å². The van der Waals surface area contributed by atoms with Crippen LogP contribution in [0, 0.1) is 0 Å². The molecule has 1 aromatic carbocycles. The van der Waals surface area contributed by atoms with Gasteiger partial charge in [0.2, 0.25) is 0 Å². The third kappa shape index (κ3) is 3.57. The lowest BCUT2D eigenvalue weighted by Gasteiger charge is -2.17. The van der Waals surface area contributed by atoms with E-state index in [1.165, 1.54) is 24.6 Å². The summed E-state index contributed by atoms with van der Waals surface area (Å²) in [5.41, 5.74) is 0.732. The van der Waals surface area contributed by atoms with Crippen LogP contribution >= 0.6 is 23.4 Å². The van der Waals surface area contributed by atoms with E-state index in [9.17, 15) is 9.90 Å². The quantitative estimate of drug-likeness (QED) is 0.887. The number of carboxylic acid groups (broad SMARTS) is 1. The van der Waals surface area contributed by atoms with E-state index >= 15 is 0 Å². The zero-order valence-corrected chi connectivity index (χ0v) is 12.3. The highest BCUT2D eigenvalue weighted by Gasteiger charge is 2.27. The molecule has 0 amide bonds. The monoisotopic (exact) mass is 300 g/mol. The Morgan fingerprint density at radius 3 is 2.68 bits per heavy atom. The first-order valence-electron chi connectivity index (χ1n) is 6.33. The smallest absolute Gasteiger partial charge is 0.321 e. The Morgan fingerprint density at radius 1 is 1.47 bits per heavy atom. The topological polar surface area (TPSA) is 46.5 Å². The number of hydrogen-bond acceptors (Lipinski definition) is 3. The number of methoxy groups -OCH3 is 1. The molecule has 1 aliphatic rings. The van der Waals surface area contributed by atoms with Gasteiger partial charge in [0.05, 0.1) is 12.1 Å². The second-order valence-corrected chi connectivity index (χ2v) is 6.47. The van der Waals surface area contributed by atoms with Gasteiger partial charge in [0.25, 0.3) is 0 Å². The van der Waals surface area contributed by atoms with Gasteiger partial charge in [-0.05, 0) is 30.5 Å². The standard InChI is InChI=1S/C14H17ClO3S/c1-18-12-7-6-9(8-11(12)15)13(14(16)17)19-10-4-2-3-5-10/h6-8,10,13H,2-5H2,1H3,(H,16,17)/t13-/m1/s1. The minimum Gasteiger partial charge on any atom is -0.495 e. The molecule has 2 rings (SSSR count). The van der Waals surface area contributed by atoms with Gasteiger partial charge in [-0.1, -0.05) is 30.5 Å². The second kappa shape index (κ2) is 6.53. The van der Waals surface area contributed by atoms with Gasteiger partial charge in [-0.2, -0.15) is 0 Å². The summed E-state index contributed by atoms with van der Waals surface area (Å²) in [6, 6.07) is 5.20. The molecular weight excluding hydrogens is 284 g/mol. The molecule has 0 unspecified atom stereocenters. The van der Waals surface area contributed by atoms with Crippen LogP contribution in [0.3, 0.4) is 0 Å². The molecule has 1 fully saturated rings. The number of carboxylic acids is 1. The number of carbonyl (C=O) groups is 1. The number of ether oxygens (including phenoxy) is 1. The molecule has 1 saturated carbocycles. The molecule has 19 heavy (non-hydrogen) atoms. The van der Waals surface area contributed by atoms with Crippen molar-refractivity contribution in [2.45, 2.75) is 36.2 Å². The Kier molecular flexibility index (Phi) is 4.99. The van der Waals surface area contributed by atoms with Crippen LogP contribution < -0.4 is 4.74 Å². The SMILES string of the molecule is COc1ccc([C@@H](SC2CCCC2)C(=O)O)cc1Cl. The van der Waals surface area contributed by atoms with Crippen LogP contribution in [0.1, 0.15) is 36.5 Å². The summed E-state index contributed by atoms with van der Waals surface area (Å²) in [6.45, 7) is 0. The van der Waals surface area contributed by atoms with E-state index in [0.717, 1.165) is 18.4 Å². The molecule has 0 bridgehead atoms. The molecule has 0 aliphatic heterocycles. The summed E-state index contributed by atoms with van der Waals surface area (Å²) in [7, 11) is 1.54. The summed E-state index contributed by atoms with van der Waals surface area (Å²) in [6.07, 6.45) is 4.62. The maximum absolute atomic E-state index is 11.5. The van der Waals surface area contributed by atoms with Crippen LogP contribution in [0.25, 0.3) is 0 Å². The summed E-state index contributed by atoms with van der Waals surface area (Å²) >= 11 is 7.60. The van der Waals surface area contributed by atoms with Crippen molar-refractivity contribution in [1.82, 2.24) is 0 Å². The normalized spacial score (nSPS) is 17.4. The van der Waals surface area contributed by atoms with Crippen LogP contribution in [0.15, 0.2) is 18.2 Å². The summed E-state index contributed by atoms with van der Waals surface area (Å²) < 4.78 is 5.09. The number of benzene rings is 1. The van der Waals surface area contributed by atoms with Crippen molar-refractivity contribution in [2.75, 3.05) is 7.11 Å². The molecule has 3 nitrogen and oxygen atoms in total.